The van der Waals surface area contributed by atoms with Gasteiger partial charge in [0.2, 0.25) is 0 Å². The quantitative estimate of drug-likeness (QED) is 0.865. The number of hydrogen-bond acceptors (Lipinski definition) is 4. The van der Waals surface area contributed by atoms with Crippen molar-refractivity contribution in [2.75, 3.05) is 7.11 Å². The Balaban J connectivity index is 3.12. The van der Waals surface area contributed by atoms with Crippen LogP contribution in [-0.4, -0.2) is 12.1 Å². The molecule has 1 atom stereocenters. The van der Waals surface area contributed by atoms with Crippen molar-refractivity contribution < 1.29 is 4.74 Å². The molecule has 0 spiro atoms. The zero-order valence-corrected chi connectivity index (χ0v) is 10.9. The fourth-order valence-electron chi connectivity index (χ4n) is 1.41. The van der Waals surface area contributed by atoms with E-state index < -0.39 is 0 Å². The third-order valence-electron chi connectivity index (χ3n) is 2.09. The van der Waals surface area contributed by atoms with Gasteiger partial charge in [0.15, 0.2) is 0 Å². The van der Waals surface area contributed by atoms with Gasteiger partial charge in [-0.05, 0) is 6.92 Å². The Labute approximate surface area is 95.7 Å². The van der Waals surface area contributed by atoms with Crippen LogP contribution in [0, 0.1) is 0 Å². The summed E-state index contributed by atoms with van der Waals surface area (Å²) in [6, 6.07) is 0.0438. The summed E-state index contributed by atoms with van der Waals surface area (Å²) in [5, 5.41) is 1.01. The van der Waals surface area contributed by atoms with Gasteiger partial charge < -0.3 is 10.5 Å². The van der Waals surface area contributed by atoms with Gasteiger partial charge in [0.25, 0.3) is 0 Å². The lowest BCUT2D eigenvalue weighted by Gasteiger charge is -2.18. The highest BCUT2D eigenvalue weighted by atomic mass is 32.1. The Morgan fingerprint density at radius 1 is 1.47 bits per heavy atom. The molecular weight excluding hydrogens is 208 g/mol. The van der Waals surface area contributed by atoms with E-state index in [4.69, 9.17) is 10.5 Å². The summed E-state index contributed by atoms with van der Waals surface area (Å²) >= 11 is 1.66. The molecule has 0 saturated heterocycles. The highest BCUT2D eigenvalue weighted by Gasteiger charge is 2.24. The predicted molar refractivity (Wildman–Crippen MR) is 64.1 cm³/mol. The van der Waals surface area contributed by atoms with Crippen molar-refractivity contribution in [2.24, 2.45) is 5.73 Å². The maximum Gasteiger partial charge on any atom is 0.119 e. The monoisotopic (exact) mass is 228 g/mol. The molecule has 0 amide bonds. The summed E-state index contributed by atoms with van der Waals surface area (Å²) in [5.41, 5.74) is 7.10. The van der Waals surface area contributed by atoms with Crippen LogP contribution in [0.25, 0.3) is 0 Å². The van der Waals surface area contributed by atoms with E-state index in [1.165, 1.54) is 4.88 Å². The van der Waals surface area contributed by atoms with Gasteiger partial charge in [-0.3, -0.25) is 0 Å². The van der Waals surface area contributed by atoms with Gasteiger partial charge in [0.05, 0.1) is 12.3 Å². The number of rotatable bonds is 3. The summed E-state index contributed by atoms with van der Waals surface area (Å²) in [6.07, 6.45) is 0. The van der Waals surface area contributed by atoms with E-state index in [0.717, 1.165) is 10.7 Å². The first-order valence-electron chi connectivity index (χ1n) is 5.11. The van der Waals surface area contributed by atoms with Gasteiger partial charge in [0, 0.05) is 23.4 Å². The van der Waals surface area contributed by atoms with Crippen LogP contribution in [0.1, 0.15) is 49.3 Å². The Bertz CT molecular complexity index is 326. The smallest absolute Gasteiger partial charge is 0.119 e. The standard InChI is InChI=1S/C11H20N2OS/c1-7(12)9-10(11(2,3)4)13-8(15-9)6-14-5/h7H,6,12H2,1-5H3. The van der Waals surface area contributed by atoms with E-state index in [-0.39, 0.29) is 11.5 Å². The van der Waals surface area contributed by atoms with E-state index in [0.29, 0.717) is 6.61 Å². The number of hydrogen-bond donors (Lipinski definition) is 1. The number of nitrogens with zero attached hydrogens (tertiary/aromatic N) is 1. The average Bonchev–Trinajstić information content (AvgIpc) is 2.48. The van der Waals surface area contributed by atoms with Crippen molar-refractivity contribution in [1.82, 2.24) is 4.98 Å². The number of thiazole rings is 1. The molecule has 15 heavy (non-hydrogen) atoms. The van der Waals surface area contributed by atoms with Gasteiger partial charge in [-0.15, -0.1) is 11.3 Å². The summed E-state index contributed by atoms with van der Waals surface area (Å²) in [6.45, 7) is 9.04. The van der Waals surface area contributed by atoms with Gasteiger partial charge in [-0.2, -0.15) is 0 Å². The molecule has 0 aliphatic carbocycles. The van der Waals surface area contributed by atoms with Crippen molar-refractivity contribution >= 4 is 11.3 Å². The lowest BCUT2D eigenvalue weighted by Crippen LogP contribution is -2.17. The molecular formula is C11H20N2OS. The Hall–Kier alpha value is -0.450. The highest BCUT2D eigenvalue weighted by Crippen LogP contribution is 2.33. The van der Waals surface area contributed by atoms with E-state index in [1.807, 2.05) is 6.92 Å². The second-order valence-electron chi connectivity index (χ2n) is 4.79. The topological polar surface area (TPSA) is 48.1 Å². The van der Waals surface area contributed by atoms with Crippen molar-refractivity contribution in [3.8, 4) is 0 Å². The zero-order valence-electron chi connectivity index (χ0n) is 10.1. The maximum absolute atomic E-state index is 5.95. The van der Waals surface area contributed by atoms with Crippen LogP contribution in [-0.2, 0) is 16.8 Å². The molecule has 0 saturated carbocycles. The molecule has 1 rings (SSSR count). The molecule has 1 aromatic rings. The van der Waals surface area contributed by atoms with Gasteiger partial charge in [-0.1, -0.05) is 20.8 Å². The molecule has 0 aliphatic rings. The van der Waals surface area contributed by atoms with E-state index in [2.05, 4.69) is 25.8 Å². The second kappa shape index (κ2) is 4.60. The fraction of sp³-hybridized carbons (Fsp3) is 0.727. The minimum absolute atomic E-state index is 0.0438. The van der Waals surface area contributed by atoms with Crippen LogP contribution < -0.4 is 5.73 Å². The first kappa shape index (κ1) is 12.6. The Morgan fingerprint density at radius 2 is 2.07 bits per heavy atom. The maximum atomic E-state index is 5.95. The van der Waals surface area contributed by atoms with Crippen LogP contribution in [0.5, 0.6) is 0 Å². The normalized spacial score (nSPS) is 14.3. The lowest BCUT2D eigenvalue weighted by molar-refractivity contribution is 0.184. The van der Waals surface area contributed by atoms with E-state index in [9.17, 15) is 0 Å². The molecule has 86 valence electrons. The summed E-state index contributed by atoms with van der Waals surface area (Å²) in [4.78, 5) is 5.78. The van der Waals surface area contributed by atoms with E-state index >= 15 is 0 Å². The molecule has 1 unspecified atom stereocenters. The third-order valence-corrected chi connectivity index (χ3v) is 3.32. The Kier molecular flexibility index (Phi) is 3.87. The van der Waals surface area contributed by atoms with Crippen LogP contribution >= 0.6 is 11.3 Å². The van der Waals surface area contributed by atoms with Crippen molar-refractivity contribution in [3.63, 3.8) is 0 Å². The van der Waals surface area contributed by atoms with Crippen molar-refractivity contribution in [2.45, 2.75) is 45.8 Å². The predicted octanol–water partition coefficient (Wildman–Crippen LogP) is 2.61. The number of aromatic nitrogens is 1. The molecule has 0 radical (unpaired) electrons. The molecule has 2 N–H and O–H groups in total. The van der Waals surface area contributed by atoms with Crippen LogP contribution in [0.4, 0.5) is 0 Å². The lowest BCUT2D eigenvalue weighted by atomic mass is 9.90. The third kappa shape index (κ3) is 3.00. The SMILES string of the molecule is COCc1nc(C(C)(C)C)c(C(C)N)s1. The van der Waals surface area contributed by atoms with Crippen LogP contribution in [0.3, 0.4) is 0 Å². The molecule has 1 heterocycles. The highest BCUT2D eigenvalue weighted by molar-refractivity contribution is 7.11. The van der Waals surface area contributed by atoms with Gasteiger partial charge in [0.1, 0.15) is 5.01 Å². The van der Waals surface area contributed by atoms with Gasteiger partial charge in [-0.25, -0.2) is 4.98 Å². The zero-order chi connectivity index (χ0) is 11.6. The molecule has 1 aromatic heterocycles. The van der Waals surface area contributed by atoms with Crippen molar-refractivity contribution in [1.29, 1.82) is 0 Å². The number of ether oxygens (including phenoxy) is 1. The first-order chi connectivity index (χ1) is 6.86. The minimum Gasteiger partial charge on any atom is -0.378 e. The Morgan fingerprint density at radius 3 is 2.40 bits per heavy atom. The molecule has 0 aromatic carbocycles. The average molecular weight is 228 g/mol. The first-order valence-corrected chi connectivity index (χ1v) is 5.92. The summed E-state index contributed by atoms with van der Waals surface area (Å²) in [7, 11) is 1.68. The molecule has 4 heteroatoms. The van der Waals surface area contributed by atoms with Gasteiger partial charge >= 0.3 is 0 Å². The largest absolute Gasteiger partial charge is 0.378 e. The summed E-state index contributed by atoms with van der Waals surface area (Å²) in [5.74, 6) is 0. The second-order valence-corrected chi connectivity index (χ2v) is 5.91. The van der Waals surface area contributed by atoms with Crippen LogP contribution in [0.2, 0.25) is 0 Å². The van der Waals surface area contributed by atoms with Crippen molar-refractivity contribution in [3.05, 3.63) is 15.6 Å². The molecule has 0 bridgehead atoms. The number of methoxy groups -OCH3 is 1. The molecule has 0 fully saturated rings. The van der Waals surface area contributed by atoms with E-state index in [1.54, 1.807) is 18.4 Å². The number of nitrogens with two attached hydrogens (primary N) is 1. The molecule has 3 nitrogen and oxygen atoms in total. The minimum atomic E-state index is 0.0438. The summed E-state index contributed by atoms with van der Waals surface area (Å²) < 4.78 is 5.10. The fourth-order valence-corrected chi connectivity index (χ4v) is 2.61. The van der Waals surface area contributed by atoms with Crippen LogP contribution in [0.15, 0.2) is 0 Å². The molecule has 0 aliphatic heterocycles.